The Morgan fingerprint density at radius 2 is 2.00 bits per heavy atom. The number of carbonyl (C=O) groups is 1. The average molecular weight is 414 g/mol. The van der Waals surface area contributed by atoms with Gasteiger partial charge in [-0.05, 0) is 49.9 Å². The maximum absolute atomic E-state index is 12.9. The molecule has 6 nitrogen and oxygen atoms in total. The highest BCUT2D eigenvalue weighted by Crippen LogP contribution is 2.24. The lowest BCUT2D eigenvalue weighted by Crippen LogP contribution is -2.26. The highest BCUT2D eigenvalue weighted by molar-refractivity contribution is 6.04. The van der Waals surface area contributed by atoms with Gasteiger partial charge >= 0.3 is 6.61 Å². The molecule has 0 atom stereocenters. The van der Waals surface area contributed by atoms with E-state index in [1.54, 1.807) is 18.2 Å². The van der Waals surface area contributed by atoms with Crippen LogP contribution in [-0.4, -0.2) is 33.6 Å². The molecular weight excluding hydrogens is 390 g/mol. The molecule has 1 aromatic carbocycles. The van der Waals surface area contributed by atoms with Crippen LogP contribution in [0.4, 0.5) is 8.78 Å². The molecule has 8 heteroatoms. The minimum absolute atomic E-state index is 0.118. The summed E-state index contributed by atoms with van der Waals surface area (Å²) in [6.07, 6.45) is 4.86. The van der Waals surface area contributed by atoms with Gasteiger partial charge in [-0.25, -0.2) is 9.97 Å². The molecule has 158 valence electrons. The number of pyridine rings is 1. The van der Waals surface area contributed by atoms with Gasteiger partial charge < -0.3 is 14.6 Å². The molecule has 3 heterocycles. The molecule has 1 aliphatic heterocycles. The molecule has 2 aromatic heterocycles. The van der Waals surface area contributed by atoms with Crippen molar-refractivity contribution in [2.45, 2.75) is 52.2 Å². The summed E-state index contributed by atoms with van der Waals surface area (Å²) in [5.41, 5.74) is 3.69. The van der Waals surface area contributed by atoms with Crippen LogP contribution in [0.1, 0.15) is 46.7 Å². The van der Waals surface area contributed by atoms with Crippen molar-refractivity contribution in [3.8, 4) is 5.75 Å². The fourth-order valence-corrected chi connectivity index (χ4v) is 3.84. The molecule has 0 spiro atoms. The van der Waals surface area contributed by atoms with E-state index in [-0.39, 0.29) is 11.7 Å². The zero-order chi connectivity index (χ0) is 21.1. The molecule has 0 aliphatic carbocycles. The molecular formula is C22H24F2N4O2. The van der Waals surface area contributed by atoms with Crippen LogP contribution >= 0.6 is 0 Å². The summed E-state index contributed by atoms with van der Waals surface area (Å²) in [5, 5.41) is 2.94. The van der Waals surface area contributed by atoms with Gasteiger partial charge in [0.05, 0.1) is 5.56 Å². The van der Waals surface area contributed by atoms with Gasteiger partial charge in [-0.1, -0.05) is 18.6 Å². The number of rotatable bonds is 6. The lowest BCUT2D eigenvalue weighted by atomic mass is 10.1. The normalized spacial score (nSPS) is 13.9. The standard InChI is InChI=1S/C22H24F2N4O2/c1-14-13-17(19-20(26-14)28-12-4-2-3-5-18(28)27-19)21(29)25-11-10-15-6-8-16(9-7-15)30-22(23)24/h6-9,13,22H,2-5,10-12H2,1H3,(H,25,29). The minimum Gasteiger partial charge on any atom is -0.435 e. The van der Waals surface area contributed by atoms with Gasteiger partial charge in [0.15, 0.2) is 5.65 Å². The van der Waals surface area contributed by atoms with Crippen LogP contribution in [0.5, 0.6) is 5.75 Å². The summed E-state index contributed by atoms with van der Waals surface area (Å²) >= 11 is 0. The zero-order valence-corrected chi connectivity index (χ0v) is 16.8. The second-order valence-electron chi connectivity index (χ2n) is 7.50. The summed E-state index contributed by atoms with van der Waals surface area (Å²) in [4.78, 5) is 22.3. The number of halogens is 2. The summed E-state index contributed by atoms with van der Waals surface area (Å²) in [5.74, 6) is 0.934. The molecule has 0 radical (unpaired) electrons. The molecule has 3 aromatic rings. The van der Waals surface area contributed by atoms with Gasteiger partial charge in [0.1, 0.15) is 17.1 Å². The Labute approximate surface area is 173 Å². The summed E-state index contributed by atoms with van der Waals surface area (Å²) in [6.45, 7) is 0.350. The van der Waals surface area contributed by atoms with E-state index in [1.807, 2.05) is 6.92 Å². The van der Waals surface area contributed by atoms with Crippen LogP contribution in [0.3, 0.4) is 0 Å². The van der Waals surface area contributed by atoms with E-state index in [1.165, 1.54) is 18.6 Å². The molecule has 1 aliphatic rings. The number of alkyl halides is 2. The SMILES string of the molecule is Cc1cc(C(=O)NCCc2ccc(OC(F)F)cc2)c2nc3n(c2n1)CCCCC3. The maximum Gasteiger partial charge on any atom is 0.387 e. The molecule has 30 heavy (non-hydrogen) atoms. The molecule has 0 bridgehead atoms. The Bertz CT molecular complexity index is 1050. The van der Waals surface area contributed by atoms with Crippen molar-refractivity contribution in [2.75, 3.05) is 6.54 Å². The molecule has 1 amide bonds. The number of imidazole rings is 1. The Morgan fingerprint density at radius 1 is 1.20 bits per heavy atom. The van der Waals surface area contributed by atoms with Crippen LogP contribution in [0.15, 0.2) is 30.3 Å². The second-order valence-corrected chi connectivity index (χ2v) is 7.50. The van der Waals surface area contributed by atoms with E-state index in [9.17, 15) is 13.6 Å². The monoisotopic (exact) mass is 414 g/mol. The van der Waals surface area contributed by atoms with Gasteiger partial charge in [-0.2, -0.15) is 8.78 Å². The zero-order valence-electron chi connectivity index (χ0n) is 16.8. The number of hydrogen-bond acceptors (Lipinski definition) is 4. The third-order valence-corrected chi connectivity index (χ3v) is 5.28. The van der Waals surface area contributed by atoms with Gasteiger partial charge in [0.25, 0.3) is 5.91 Å². The van der Waals surface area contributed by atoms with E-state index < -0.39 is 6.61 Å². The van der Waals surface area contributed by atoms with Gasteiger partial charge in [0.2, 0.25) is 0 Å². The maximum atomic E-state index is 12.9. The van der Waals surface area contributed by atoms with E-state index in [2.05, 4.69) is 19.6 Å². The third kappa shape index (κ3) is 4.42. The lowest BCUT2D eigenvalue weighted by Gasteiger charge is -2.09. The second kappa shape index (κ2) is 8.77. The first-order valence-corrected chi connectivity index (χ1v) is 10.2. The fourth-order valence-electron chi connectivity index (χ4n) is 3.84. The molecule has 0 fully saturated rings. The quantitative estimate of drug-likeness (QED) is 0.661. The first-order chi connectivity index (χ1) is 14.5. The van der Waals surface area contributed by atoms with Crippen molar-refractivity contribution in [1.82, 2.24) is 19.9 Å². The molecule has 4 rings (SSSR count). The van der Waals surface area contributed by atoms with Crippen LogP contribution in [0.25, 0.3) is 11.2 Å². The van der Waals surface area contributed by atoms with E-state index in [4.69, 9.17) is 4.98 Å². The van der Waals surface area contributed by atoms with E-state index in [0.29, 0.717) is 24.0 Å². The third-order valence-electron chi connectivity index (χ3n) is 5.28. The van der Waals surface area contributed by atoms with Gasteiger partial charge in [0, 0.05) is 25.2 Å². The van der Waals surface area contributed by atoms with Crippen molar-refractivity contribution in [3.63, 3.8) is 0 Å². The first kappa shape index (κ1) is 20.3. The van der Waals surface area contributed by atoms with E-state index >= 15 is 0 Å². The van der Waals surface area contributed by atoms with Gasteiger partial charge in [-0.15, -0.1) is 0 Å². The predicted octanol–water partition coefficient (Wildman–Crippen LogP) is 4.04. The summed E-state index contributed by atoms with van der Waals surface area (Å²) in [6, 6.07) is 8.20. The lowest BCUT2D eigenvalue weighted by molar-refractivity contribution is -0.0498. The van der Waals surface area contributed by atoms with Crippen molar-refractivity contribution in [3.05, 3.63) is 53.0 Å². The number of benzene rings is 1. The highest BCUT2D eigenvalue weighted by atomic mass is 19.3. The molecule has 0 saturated heterocycles. The molecule has 0 saturated carbocycles. The Balaban J connectivity index is 1.46. The van der Waals surface area contributed by atoms with Crippen molar-refractivity contribution in [1.29, 1.82) is 0 Å². The number of aryl methyl sites for hydroxylation is 3. The topological polar surface area (TPSA) is 69.0 Å². The van der Waals surface area contributed by atoms with Crippen LogP contribution in [0.2, 0.25) is 0 Å². The van der Waals surface area contributed by atoms with Crippen LogP contribution in [0, 0.1) is 6.92 Å². The number of carbonyl (C=O) groups excluding carboxylic acids is 1. The van der Waals surface area contributed by atoms with Crippen LogP contribution < -0.4 is 10.1 Å². The van der Waals surface area contributed by atoms with Crippen molar-refractivity contribution in [2.24, 2.45) is 0 Å². The number of nitrogens with one attached hydrogen (secondary N) is 1. The number of nitrogens with zero attached hydrogens (tertiary/aromatic N) is 3. The average Bonchev–Trinajstić information content (AvgIpc) is 2.89. The summed E-state index contributed by atoms with van der Waals surface area (Å²) in [7, 11) is 0. The first-order valence-electron chi connectivity index (χ1n) is 10.2. The Kier molecular flexibility index (Phi) is 5.92. The van der Waals surface area contributed by atoms with Gasteiger partial charge in [-0.3, -0.25) is 4.79 Å². The Hall–Kier alpha value is -3.03. The highest BCUT2D eigenvalue weighted by Gasteiger charge is 2.20. The number of ether oxygens (including phenoxy) is 1. The largest absolute Gasteiger partial charge is 0.435 e. The summed E-state index contributed by atoms with van der Waals surface area (Å²) < 4.78 is 30.9. The van der Waals surface area contributed by atoms with Crippen molar-refractivity contribution >= 4 is 17.1 Å². The molecule has 1 N–H and O–H groups in total. The van der Waals surface area contributed by atoms with E-state index in [0.717, 1.165) is 48.5 Å². The number of aromatic nitrogens is 3. The smallest absolute Gasteiger partial charge is 0.387 e. The van der Waals surface area contributed by atoms with Crippen molar-refractivity contribution < 1.29 is 18.3 Å². The predicted molar refractivity (Wildman–Crippen MR) is 109 cm³/mol. The Morgan fingerprint density at radius 3 is 2.77 bits per heavy atom. The number of fused-ring (bicyclic) bond motifs is 3. The minimum atomic E-state index is -2.84. The number of hydrogen-bond donors (Lipinski definition) is 1. The molecule has 0 unspecified atom stereocenters. The number of amides is 1. The fraction of sp³-hybridized carbons (Fsp3) is 0.409. The van der Waals surface area contributed by atoms with Crippen LogP contribution in [-0.2, 0) is 19.4 Å².